The Morgan fingerprint density at radius 2 is 2.00 bits per heavy atom. The third-order valence-electron chi connectivity index (χ3n) is 0.365. The SMILES string of the molecule is [N]=C1SCS1. The Balaban J connectivity index is 2.32. The molecule has 0 saturated carbocycles. The lowest BCUT2D eigenvalue weighted by molar-refractivity contribution is 1.93. The van der Waals surface area contributed by atoms with Crippen LogP contribution < -0.4 is 5.41 Å². The first kappa shape index (κ1) is 3.56. The number of hydrogen-bond donors (Lipinski definition) is 0. The molecule has 0 unspecified atom stereocenters. The zero-order chi connectivity index (χ0) is 3.70. The summed E-state index contributed by atoms with van der Waals surface area (Å²) in [4.78, 5) is 0. The highest BCUT2D eigenvalue weighted by atomic mass is 32.3. The zero-order valence-electron chi connectivity index (χ0n) is 2.47. The van der Waals surface area contributed by atoms with Crippen molar-refractivity contribution in [3.05, 3.63) is 0 Å². The molecule has 0 spiro atoms. The van der Waals surface area contributed by atoms with Crippen molar-refractivity contribution >= 4 is 27.9 Å². The average molecular weight is 104 g/mol. The Morgan fingerprint density at radius 1 is 1.60 bits per heavy atom. The van der Waals surface area contributed by atoms with E-state index in [9.17, 15) is 0 Å². The third-order valence-corrected chi connectivity index (χ3v) is 2.51. The quantitative estimate of drug-likeness (QED) is 0.448. The molecule has 1 fully saturated rings. The van der Waals surface area contributed by atoms with Crippen molar-refractivity contribution in [2.24, 2.45) is 0 Å². The minimum absolute atomic E-state index is 0.519. The second-order valence-corrected chi connectivity index (χ2v) is 3.22. The smallest absolute Gasteiger partial charge is 0.135 e. The molecule has 0 aromatic heterocycles. The molecular formula is C2H2NS2. The monoisotopic (exact) mass is 104 g/mol. The maximum Gasteiger partial charge on any atom is 0.154 e. The molecular weight excluding hydrogens is 102 g/mol. The molecule has 5 heavy (non-hydrogen) atoms. The minimum atomic E-state index is 0.519. The van der Waals surface area contributed by atoms with E-state index in [1.165, 1.54) is 23.5 Å². The number of hydrogen-bond acceptors (Lipinski definition) is 2. The molecule has 1 rings (SSSR count). The van der Waals surface area contributed by atoms with Gasteiger partial charge in [-0.15, -0.1) is 5.41 Å². The lowest BCUT2D eigenvalue weighted by Gasteiger charge is -2.06. The minimum Gasteiger partial charge on any atom is -0.135 e. The van der Waals surface area contributed by atoms with Crippen LogP contribution in [-0.4, -0.2) is 9.46 Å². The summed E-state index contributed by atoms with van der Waals surface area (Å²) in [6, 6.07) is 0. The molecule has 1 aliphatic heterocycles. The van der Waals surface area contributed by atoms with Crippen LogP contribution in [0.2, 0.25) is 0 Å². The summed E-state index contributed by atoms with van der Waals surface area (Å²) in [6.07, 6.45) is 0. The van der Waals surface area contributed by atoms with Crippen molar-refractivity contribution < 1.29 is 0 Å². The first-order valence-electron chi connectivity index (χ1n) is 1.21. The van der Waals surface area contributed by atoms with Crippen LogP contribution in [0, 0.1) is 0 Å². The van der Waals surface area contributed by atoms with E-state index in [0.29, 0.717) is 4.38 Å². The van der Waals surface area contributed by atoms with Crippen LogP contribution in [0.5, 0.6) is 0 Å². The Bertz CT molecular complexity index is 54.7. The van der Waals surface area contributed by atoms with Crippen LogP contribution in [0.25, 0.3) is 0 Å². The predicted octanol–water partition coefficient (Wildman–Crippen LogP) is 0.580. The molecule has 0 aromatic carbocycles. The van der Waals surface area contributed by atoms with Gasteiger partial charge in [-0.05, 0) is 0 Å². The van der Waals surface area contributed by atoms with Gasteiger partial charge < -0.3 is 0 Å². The van der Waals surface area contributed by atoms with Gasteiger partial charge in [0.15, 0.2) is 4.38 Å². The lowest BCUT2D eigenvalue weighted by Crippen LogP contribution is -1.97. The molecule has 1 heterocycles. The normalized spacial score (nSPS) is 22.0. The van der Waals surface area contributed by atoms with Crippen molar-refractivity contribution in [3.63, 3.8) is 0 Å². The summed E-state index contributed by atoms with van der Waals surface area (Å²) in [6.45, 7) is 0. The summed E-state index contributed by atoms with van der Waals surface area (Å²) in [5, 5.41) is 9.32. The molecule has 1 radical (unpaired) electrons. The maximum absolute atomic E-state index is 8.29. The lowest BCUT2D eigenvalue weighted by atomic mass is 11.7. The van der Waals surface area contributed by atoms with Crippen molar-refractivity contribution in [2.45, 2.75) is 0 Å². The molecule has 3 heteroatoms. The van der Waals surface area contributed by atoms with Crippen molar-refractivity contribution in [3.8, 4) is 0 Å². The molecule has 1 saturated heterocycles. The number of thioether (sulfide) groups is 2. The fourth-order valence-electron chi connectivity index (χ4n) is 0.112. The van der Waals surface area contributed by atoms with E-state index in [0.717, 1.165) is 5.08 Å². The Hall–Kier alpha value is 0.370. The second kappa shape index (κ2) is 1.22. The average Bonchev–Trinajstić information content (AvgIpc) is 1.30. The van der Waals surface area contributed by atoms with Crippen LogP contribution in [0.1, 0.15) is 0 Å². The fraction of sp³-hybridized carbons (Fsp3) is 0.500. The first-order valence-corrected chi connectivity index (χ1v) is 3.18. The van der Waals surface area contributed by atoms with Crippen molar-refractivity contribution in [1.82, 2.24) is 5.41 Å². The van der Waals surface area contributed by atoms with Gasteiger partial charge in [-0.25, -0.2) is 0 Å². The third kappa shape index (κ3) is 0.605. The fourth-order valence-corrected chi connectivity index (χ4v) is 1.00. The molecule has 0 N–H and O–H groups in total. The van der Waals surface area contributed by atoms with E-state index in [4.69, 9.17) is 5.41 Å². The van der Waals surface area contributed by atoms with Crippen LogP contribution in [-0.2, 0) is 0 Å². The molecule has 1 nitrogen and oxygen atoms in total. The maximum atomic E-state index is 8.29. The van der Waals surface area contributed by atoms with Gasteiger partial charge in [0.2, 0.25) is 0 Å². The van der Waals surface area contributed by atoms with Crippen LogP contribution >= 0.6 is 23.5 Å². The van der Waals surface area contributed by atoms with Crippen molar-refractivity contribution in [2.75, 3.05) is 5.08 Å². The van der Waals surface area contributed by atoms with Gasteiger partial charge in [-0.3, -0.25) is 0 Å². The standard InChI is InChI=1S/C2H2NS2/c3-2-4-1-5-2/h1H2. The van der Waals surface area contributed by atoms with Gasteiger partial charge >= 0.3 is 0 Å². The van der Waals surface area contributed by atoms with Gasteiger partial charge in [-0.1, -0.05) is 23.5 Å². The summed E-state index contributed by atoms with van der Waals surface area (Å²) >= 11 is 2.99. The van der Waals surface area contributed by atoms with Crippen LogP contribution in [0.15, 0.2) is 0 Å². The molecule has 0 aromatic rings. The molecule has 1 aliphatic rings. The van der Waals surface area contributed by atoms with Gasteiger partial charge in [0, 0.05) is 0 Å². The molecule has 0 atom stereocenters. The molecule has 0 bridgehead atoms. The largest absolute Gasteiger partial charge is 0.154 e. The van der Waals surface area contributed by atoms with Gasteiger partial charge in [0.1, 0.15) is 0 Å². The van der Waals surface area contributed by atoms with Crippen LogP contribution in [0.4, 0.5) is 0 Å². The van der Waals surface area contributed by atoms with E-state index in [-0.39, 0.29) is 0 Å². The second-order valence-electron chi connectivity index (χ2n) is 0.672. The van der Waals surface area contributed by atoms with Gasteiger partial charge in [0.05, 0.1) is 5.08 Å². The zero-order valence-corrected chi connectivity index (χ0v) is 4.10. The van der Waals surface area contributed by atoms with Crippen LogP contribution in [0.3, 0.4) is 0 Å². The molecule has 0 amide bonds. The predicted molar refractivity (Wildman–Crippen MR) is 27.2 cm³/mol. The summed E-state index contributed by atoms with van der Waals surface area (Å²) in [5.41, 5.74) is 0. The first-order chi connectivity index (χ1) is 2.39. The van der Waals surface area contributed by atoms with Crippen molar-refractivity contribution in [1.29, 1.82) is 0 Å². The molecule has 0 aliphatic carbocycles. The number of nitrogens with zero attached hydrogens (tertiary/aromatic N) is 1. The van der Waals surface area contributed by atoms with Gasteiger partial charge in [0.25, 0.3) is 0 Å². The molecule has 27 valence electrons. The van der Waals surface area contributed by atoms with Gasteiger partial charge in [-0.2, -0.15) is 0 Å². The topological polar surface area (TPSA) is 22.3 Å². The summed E-state index contributed by atoms with van der Waals surface area (Å²) in [5.74, 6) is 0. The van der Waals surface area contributed by atoms with E-state index in [1.54, 1.807) is 0 Å². The van der Waals surface area contributed by atoms with E-state index in [2.05, 4.69) is 0 Å². The summed E-state index contributed by atoms with van der Waals surface area (Å²) in [7, 11) is 0. The summed E-state index contributed by atoms with van der Waals surface area (Å²) < 4.78 is 0.519. The van der Waals surface area contributed by atoms with E-state index in [1.807, 2.05) is 0 Å². The Labute approximate surface area is 39.0 Å². The number of rotatable bonds is 0. The van der Waals surface area contributed by atoms with E-state index >= 15 is 0 Å². The Morgan fingerprint density at radius 3 is 2.00 bits per heavy atom. The highest BCUT2D eigenvalue weighted by Gasteiger charge is 2.08. The highest BCUT2D eigenvalue weighted by Crippen LogP contribution is 2.29. The highest BCUT2D eigenvalue weighted by molar-refractivity contribution is 8.52. The Kier molecular flexibility index (Phi) is 0.870. The van der Waals surface area contributed by atoms with E-state index < -0.39 is 0 Å².